The van der Waals surface area contributed by atoms with Gasteiger partial charge >= 0.3 is 5.97 Å². The molecular formula is C13H27NO2S. The molecule has 2 atom stereocenters. The van der Waals surface area contributed by atoms with Gasteiger partial charge in [0.2, 0.25) is 0 Å². The third kappa shape index (κ3) is 6.94. The minimum Gasteiger partial charge on any atom is -0.468 e. The summed E-state index contributed by atoms with van der Waals surface area (Å²) in [5, 5.41) is 0.694. The van der Waals surface area contributed by atoms with Crippen molar-refractivity contribution in [3.05, 3.63) is 0 Å². The number of carbonyl (C=O) groups is 1. The van der Waals surface area contributed by atoms with Crippen LogP contribution >= 0.6 is 11.8 Å². The summed E-state index contributed by atoms with van der Waals surface area (Å²) < 4.78 is 4.67. The Hall–Kier alpha value is -0.220. The second-order valence-electron chi connectivity index (χ2n) is 5.19. The van der Waals surface area contributed by atoms with Crippen molar-refractivity contribution in [1.82, 2.24) is 0 Å². The van der Waals surface area contributed by atoms with Crippen molar-refractivity contribution in [2.75, 3.05) is 12.9 Å². The fraction of sp³-hybridized carbons (Fsp3) is 0.923. The van der Waals surface area contributed by atoms with E-state index in [4.69, 9.17) is 5.73 Å². The van der Waals surface area contributed by atoms with E-state index in [9.17, 15) is 4.79 Å². The highest BCUT2D eigenvalue weighted by Crippen LogP contribution is 2.21. The van der Waals surface area contributed by atoms with E-state index in [1.54, 1.807) is 6.92 Å². The normalized spacial score (nSPS) is 16.6. The SMILES string of the molecule is COC(=O)C(C)(N)CCCCSC(C)C(C)C. The van der Waals surface area contributed by atoms with Crippen molar-refractivity contribution >= 4 is 17.7 Å². The van der Waals surface area contributed by atoms with Gasteiger partial charge in [-0.05, 0) is 31.4 Å². The van der Waals surface area contributed by atoms with Gasteiger partial charge in [-0.3, -0.25) is 4.79 Å². The van der Waals surface area contributed by atoms with Gasteiger partial charge in [0.25, 0.3) is 0 Å². The molecule has 0 spiro atoms. The van der Waals surface area contributed by atoms with E-state index >= 15 is 0 Å². The molecule has 4 heteroatoms. The van der Waals surface area contributed by atoms with Gasteiger partial charge in [-0.25, -0.2) is 0 Å². The highest BCUT2D eigenvalue weighted by atomic mass is 32.2. The van der Waals surface area contributed by atoms with E-state index < -0.39 is 5.54 Å². The van der Waals surface area contributed by atoms with E-state index in [1.165, 1.54) is 7.11 Å². The number of methoxy groups -OCH3 is 1. The minimum absolute atomic E-state index is 0.319. The number of ether oxygens (including phenoxy) is 1. The average Bonchev–Trinajstić information content (AvgIpc) is 2.26. The van der Waals surface area contributed by atoms with Crippen LogP contribution in [-0.4, -0.2) is 29.6 Å². The first kappa shape index (κ1) is 16.8. The summed E-state index contributed by atoms with van der Waals surface area (Å²) in [6.07, 6.45) is 2.77. The maximum atomic E-state index is 11.3. The van der Waals surface area contributed by atoms with Gasteiger partial charge in [-0.1, -0.05) is 27.2 Å². The Kier molecular flexibility index (Phi) is 7.88. The summed E-state index contributed by atoms with van der Waals surface area (Å²) >= 11 is 1.99. The van der Waals surface area contributed by atoms with E-state index in [0.29, 0.717) is 11.7 Å². The summed E-state index contributed by atoms with van der Waals surface area (Å²) in [6.45, 7) is 8.48. The molecule has 0 radical (unpaired) electrons. The van der Waals surface area contributed by atoms with Crippen LogP contribution in [0.2, 0.25) is 0 Å². The lowest BCUT2D eigenvalue weighted by molar-refractivity contribution is -0.146. The standard InChI is InChI=1S/C13H27NO2S/c1-10(2)11(3)17-9-7-6-8-13(4,14)12(15)16-5/h10-11H,6-9,14H2,1-5H3. The number of nitrogens with two attached hydrogens (primary N) is 1. The monoisotopic (exact) mass is 261 g/mol. The highest BCUT2D eigenvalue weighted by Gasteiger charge is 2.28. The van der Waals surface area contributed by atoms with Gasteiger partial charge < -0.3 is 10.5 Å². The maximum Gasteiger partial charge on any atom is 0.325 e. The van der Waals surface area contributed by atoms with Crippen LogP contribution in [0.1, 0.15) is 47.0 Å². The third-order valence-corrected chi connectivity index (χ3v) is 4.66. The topological polar surface area (TPSA) is 52.3 Å². The lowest BCUT2D eigenvalue weighted by atomic mass is 9.97. The molecule has 0 saturated carbocycles. The Labute approximate surface area is 110 Å². The largest absolute Gasteiger partial charge is 0.468 e. The summed E-state index contributed by atoms with van der Waals surface area (Å²) in [6, 6.07) is 0. The van der Waals surface area contributed by atoms with E-state index in [0.717, 1.165) is 24.5 Å². The number of rotatable bonds is 8. The quantitative estimate of drug-likeness (QED) is 0.539. The van der Waals surface area contributed by atoms with Crippen LogP contribution in [0.4, 0.5) is 0 Å². The average molecular weight is 261 g/mol. The molecule has 0 aliphatic rings. The van der Waals surface area contributed by atoms with Crippen LogP contribution in [0.3, 0.4) is 0 Å². The van der Waals surface area contributed by atoms with Gasteiger partial charge in [-0.15, -0.1) is 0 Å². The first-order valence-electron chi connectivity index (χ1n) is 6.30. The molecule has 0 fully saturated rings. The molecule has 17 heavy (non-hydrogen) atoms. The first-order valence-corrected chi connectivity index (χ1v) is 7.35. The molecule has 102 valence electrons. The van der Waals surface area contributed by atoms with E-state index in [1.807, 2.05) is 11.8 Å². The van der Waals surface area contributed by atoms with Crippen LogP contribution in [0, 0.1) is 5.92 Å². The summed E-state index contributed by atoms with van der Waals surface area (Å²) in [5.74, 6) is 1.53. The second kappa shape index (κ2) is 7.98. The minimum atomic E-state index is -0.830. The molecule has 0 bridgehead atoms. The van der Waals surface area contributed by atoms with Crippen LogP contribution < -0.4 is 5.73 Å². The molecule has 0 amide bonds. The number of hydrogen-bond acceptors (Lipinski definition) is 4. The molecule has 0 saturated heterocycles. The van der Waals surface area contributed by atoms with Crippen LogP contribution in [0.5, 0.6) is 0 Å². The number of hydrogen-bond donors (Lipinski definition) is 1. The lowest BCUT2D eigenvalue weighted by Gasteiger charge is -2.21. The highest BCUT2D eigenvalue weighted by molar-refractivity contribution is 7.99. The van der Waals surface area contributed by atoms with Gasteiger partial charge in [-0.2, -0.15) is 11.8 Å². The van der Waals surface area contributed by atoms with Gasteiger partial charge in [0.05, 0.1) is 7.11 Å². The summed E-state index contributed by atoms with van der Waals surface area (Å²) in [5.41, 5.74) is 5.05. The van der Waals surface area contributed by atoms with Gasteiger partial charge in [0, 0.05) is 5.25 Å². The molecule has 3 nitrogen and oxygen atoms in total. The van der Waals surface area contributed by atoms with Crippen molar-refractivity contribution in [2.45, 2.75) is 57.7 Å². The molecule has 0 aliphatic heterocycles. The number of unbranched alkanes of at least 4 members (excludes halogenated alkanes) is 1. The molecule has 0 aromatic heterocycles. The summed E-state index contributed by atoms with van der Waals surface area (Å²) in [7, 11) is 1.38. The molecule has 0 aromatic rings. The Morgan fingerprint density at radius 1 is 1.35 bits per heavy atom. The Morgan fingerprint density at radius 3 is 2.41 bits per heavy atom. The molecule has 2 unspecified atom stereocenters. The molecule has 0 aromatic carbocycles. The molecule has 2 N–H and O–H groups in total. The number of carbonyl (C=O) groups excluding carboxylic acids is 1. The zero-order chi connectivity index (χ0) is 13.5. The molecule has 0 aliphatic carbocycles. The van der Waals surface area contributed by atoms with Gasteiger partial charge in [0.15, 0.2) is 0 Å². The third-order valence-electron chi connectivity index (χ3n) is 3.06. The lowest BCUT2D eigenvalue weighted by Crippen LogP contribution is -2.45. The van der Waals surface area contributed by atoms with Crippen molar-refractivity contribution in [1.29, 1.82) is 0 Å². The first-order chi connectivity index (χ1) is 7.81. The van der Waals surface area contributed by atoms with E-state index in [-0.39, 0.29) is 5.97 Å². The number of esters is 1. The zero-order valence-electron chi connectivity index (χ0n) is 11.8. The molecule has 0 rings (SSSR count). The van der Waals surface area contributed by atoms with Gasteiger partial charge in [0.1, 0.15) is 5.54 Å². The fourth-order valence-corrected chi connectivity index (χ4v) is 2.52. The van der Waals surface area contributed by atoms with Crippen LogP contribution in [0.15, 0.2) is 0 Å². The second-order valence-corrected chi connectivity index (χ2v) is 6.67. The predicted octanol–water partition coefficient (Wildman–Crippen LogP) is 2.82. The molecular weight excluding hydrogens is 234 g/mol. The number of thioether (sulfide) groups is 1. The van der Waals surface area contributed by atoms with Crippen molar-refractivity contribution in [3.63, 3.8) is 0 Å². The van der Waals surface area contributed by atoms with E-state index in [2.05, 4.69) is 25.5 Å². The van der Waals surface area contributed by atoms with Crippen molar-refractivity contribution < 1.29 is 9.53 Å². The Balaban J connectivity index is 3.68. The van der Waals surface area contributed by atoms with Crippen LogP contribution in [-0.2, 0) is 9.53 Å². The maximum absolute atomic E-state index is 11.3. The van der Waals surface area contributed by atoms with Crippen molar-refractivity contribution in [3.8, 4) is 0 Å². The zero-order valence-corrected chi connectivity index (χ0v) is 12.6. The smallest absolute Gasteiger partial charge is 0.325 e. The van der Waals surface area contributed by atoms with Crippen LogP contribution in [0.25, 0.3) is 0 Å². The summed E-state index contributed by atoms with van der Waals surface area (Å²) in [4.78, 5) is 11.3. The predicted molar refractivity (Wildman–Crippen MR) is 75.2 cm³/mol. The molecule has 0 heterocycles. The Bertz CT molecular complexity index is 229. The Morgan fingerprint density at radius 2 is 1.94 bits per heavy atom. The fourth-order valence-electron chi connectivity index (χ4n) is 1.39. The van der Waals surface area contributed by atoms with Crippen molar-refractivity contribution in [2.24, 2.45) is 11.7 Å².